The number of rotatable bonds is 3. The molecule has 2 heterocycles. The molecule has 1 aromatic carbocycles. The summed E-state index contributed by atoms with van der Waals surface area (Å²) in [5, 5.41) is 6.18. The van der Waals surface area contributed by atoms with Crippen LogP contribution in [-0.2, 0) is 0 Å². The number of carbonyl (C=O) groups is 1. The van der Waals surface area contributed by atoms with Crippen LogP contribution in [0.5, 0.6) is 0 Å². The molecule has 2 N–H and O–H groups in total. The van der Waals surface area contributed by atoms with Crippen molar-refractivity contribution in [3.8, 4) is 11.3 Å². The zero-order chi connectivity index (χ0) is 17.2. The molecule has 1 amide bonds. The third-order valence-electron chi connectivity index (χ3n) is 4.77. The number of aromatic amines is 1. The summed E-state index contributed by atoms with van der Waals surface area (Å²) in [6.07, 6.45) is 6.96. The van der Waals surface area contributed by atoms with Crippen LogP contribution >= 0.6 is 0 Å². The highest BCUT2D eigenvalue weighted by Crippen LogP contribution is 2.25. The van der Waals surface area contributed by atoms with Gasteiger partial charge in [0.2, 0.25) is 0 Å². The van der Waals surface area contributed by atoms with Crippen LogP contribution in [0.15, 0.2) is 47.4 Å². The average Bonchev–Trinajstić information content (AvgIpc) is 3.04. The lowest BCUT2D eigenvalue weighted by Crippen LogP contribution is -2.36. The molecule has 25 heavy (non-hydrogen) atoms. The Balaban J connectivity index is 1.81. The predicted molar refractivity (Wildman–Crippen MR) is 95.6 cm³/mol. The minimum atomic E-state index is -0.237. The van der Waals surface area contributed by atoms with Gasteiger partial charge in [-0.15, -0.1) is 0 Å². The summed E-state index contributed by atoms with van der Waals surface area (Å²) in [7, 11) is 0. The maximum atomic E-state index is 13.0. The molecular formula is C19H20N4O2. The zero-order valence-electron chi connectivity index (χ0n) is 13.9. The second-order valence-corrected chi connectivity index (χ2v) is 6.48. The molecule has 3 aromatic rings. The smallest absolute Gasteiger partial charge is 0.272 e. The third kappa shape index (κ3) is 2.95. The minimum Gasteiger partial charge on any atom is -0.349 e. The molecule has 0 unspecified atom stereocenters. The van der Waals surface area contributed by atoms with E-state index in [0.717, 1.165) is 31.2 Å². The molecule has 1 fully saturated rings. The van der Waals surface area contributed by atoms with Gasteiger partial charge in [-0.05, 0) is 12.8 Å². The first-order valence-electron chi connectivity index (χ1n) is 8.70. The summed E-state index contributed by atoms with van der Waals surface area (Å²) in [6, 6.07) is 11.1. The van der Waals surface area contributed by atoms with Crippen LogP contribution in [0.25, 0.3) is 16.9 Å². The molecule has 0 spiro atoms. The van der Waals surface area contributed by atoms with E-state index in [1.807, 2.05) is 30.3 Å². The number of fused-ring (bicyclic) bond motifs is 1. The van der Waals surface area contributed by atoms with Gasteiger partial charge in [0.25, 0.3) is 11.5 Å². The summed E-state index contributed by atoms with van der Waals surface area (Å²) in [5.74, 6) is -0.178. The summed E-state index contributed by atoms with van der Waals surface area (Å²) in [6.45, 7) is 0. The van der Waals surface area contributed by atoms with Gasteiger partial charge in [0.15, 0.2) is 5.65 Å². The van der Waals surface area contributed by atoms with Crippen molar-refractivity contribution < 1.29 is 4.79 Å². The molecule has 1 aliphatic rings. The Morgan fingerprint density at radius 2 is 1.88 bits per heavy atom. The number of amides is 1. The molecule has 0 aliphatic heterocycles. The Bertz CT molecular complexity index is 952. The van der Waals surface area contributed by atoms with E-state index in [9.17, 15) is 9.59 Å². The Morgan fingerprint density at radius 3 is 2.64 bits per heavy atom. The number of hydrogen-bond donors (Lipinski definition) is 2. The van der Waals surface area contributed by atoms with Crippen LogP contribution in [0.2, 0.25) is 0 Å². The van der Waals surface area contributed by atoms with Crippen LogP contribution in [0.3, 0.4) is 0 Å². The van der Waals surface area contributed by atoms with E-state index in [1.54, 1.807) is 0 Å². The van der Waals surface area contributed by atoms with Gasteiger partial charge in [0.1, 0.15) is 5.56 Å². The molecule has 128 valence electrons. The molecule has 6 heteroatoms. The van der Waals surface area contributed by atoms with E-state index < -0.39 is 0 Å². The lowest BCUT2D eigenvalue weighted by molar-refractivity contribution is 0.0930. The number of benzene rings is 1. The quantitative estimate of drug-likeness (QED) is 0.772. The maximum absolute atomic E-state index is 13.0. The highest BCUT2D eigenvalue weighted by molar-refractivity contribution is 6.05. The first-order chi connectivity index (χ1) is 12.2. The number of hydrogen-bond acceptors (Lipinski definition) is 3. The van der Waals surface area contributed by atoms with Crippen LogP contribution in [0.1, 0.15) is 42.5 Å². The Morgan fingerprint density at radius 1 is 1.12 bits per heavy atom. The standard InChI is InChI=1S/C19H20N4O2/c24-15-11-12-20-18-16(19(25)21-14-9-5-2-6-10-14)17(22-23(15)18)13-7-3-1-4-8-13/h1,3-4,7-8,11-12,14,22H,2,5-6,9-10H2,(H,21,25). The molecule has 0 radical (unpaired) electrons. The van der Waals surface area contributed by atoms with Crippen molar-refractivity contribution in [3.63, 3.8) is 0 Å². The number of H-pyrrole nitrogens is 1. The Hall–Kier alpha value is -2.89. The first-order valence-corrected chi connectivity index (χ1v) is 8.70. The van der Waals surface area contributed by atoms with Gasteiger partial charge < -0.3 is 5.32 Å². The number of nitrogens with one attached hydrogen (secondary N) is 2. The SMILES string of the molecule is O=C(NC1CCCCC1)c1c(-c2ccccc2)[nH]n2c(=O)ccnc12. The molecule has 1 saturated carbocycles. The fraction of sp³-hybridized carbons (Fsp3) is 0.316. The molecule has 1 aliphatic carbocycles. The second kappa shape index (κ2) is 6.55. The predicted octanol–water partition coefficient (Wildman–Crippen LogP) is 2.75. The molecule has 0 saturated heterocycles. The monoisotopic (exact) mass is 336 g/mol. The van der Waals surface area contributed by atoms with E-state index in [1.165, 1.54) is 23.2 Å². The fourth-order valence-electron chi connectivity index (χ4n) is 3.51. The van der Waals surface area contributed by atoms with Crippen LogP contribution in [0, 0.1) is 0 Å². The van der Waals surface area contributed by atoms with E-state index in [0.29, 0.717) is 16.9 Å². The van der Waals surface area contributed by atoms with Gasteiger partial charge in [-0.1, -0.05) is 49.6 Å². The van der Waals surface area contributed by atoms with Crippen molar-refractivity contribution in [3.05, 3.63) is 58.5 Å². The molecule has 6 nitrogen and oxygen atoms in total. The van der Waals surface area contributed by atoms with Gasteiger partial charge in [-0.2, -0.15) is 0 Å². The van der Waals surface area contributed by atoms with Gasteiger partial charge in [0.05, 0.1) is 5.69 Å². The van der Waals surface area contributed by atoms with Crippen LogP contribution in [-0.4, -0.2) is 26.5 Å². The largest absolute Gasteiger partial charge is 0.349 e. The van der Waals surface area contributed by atoms with Crippen molar-refractivity contribution >= 4 is 11.6 Å². The third-order valence-corrected chi connectivity index (χ3v) is 4.77. The summed E-state index contributed by atoms with van der Waals surface area (Å²) >= 11 is 0. The number of aromatic nitrogens is 3. The van der Waals surface area contributed by atoms with Gasteiger partial charge >= 0.3 is 0 Å². The van der Waals surface area contributed by atoms with E-state index in [-0.39, 0.29) is 17.5 Å². The average molecular weight is 336 g/mol. The van der Waals surface area contributed by atoms with Crippen molar-refractivity contribution in [1.82, 2.24) is 19.9 Å². The summed E-state index contributed by atoms with van der Waals surface area (Å²) in [4.78, 5) is 29.4. The van der Waals surface area contributed by atoms with E-state index >= 15 is 0 Å². The van der Waals surface area contributed by atoms with E-state index in [4.69, 9.17) is 0 Å². The van der Waals surface area contributed by atoms with Crippen LogP contribution in [0.4, 0.5) is 0 Å². The lowest BCUT2D eigenvalue weighted by Gasteiger charge is -2.22. The lowest BCUT2D eigenvalue weighted by atomic mass is 9.95. The Kier molecular flexibility index (Phi) is 4.09. The van der Waals surface area contributed by atoms with Crippen molar-refractivity contribution in [2.24, 2.45) is 0 Å². The highest BCUT2D eigenvalue weighted by atomic mass is 16.2. The first kappa shape index (κ1) is 15.6. The fourth-order valence-corrected chi connectivity index (χ4v) is 3.51. The van der Waals surface area contributed by atoms with Crippen molar-refractivity contribution in [2.45, 2.75) is 38.1 Å². The maximum Gasteiger partial charge on any atom is 0.272 e. The normalized spacial score (nSPS) is 15.4. The van der Waals surface area contributed by atoms with Gasteiger partial charge in [-0.3, -0.25) is 14.7 Å². The van der Waals surface area contributed by atoms with E-state index in [2.05, 4.69) is 15.4 Å². The zero-order valence-corrected chi connectivity index (χ0v) is 13.9. The van der Waals surface area contributed by atoms with Crippen molar-refractivity contribution in [1.29, 1.82) is 0 Å². The highest BCUT2D eigenvalue weighted by Gasteiger charge is 2.24. The minimum absolute atomic E-state index is 0.178. The number of nitrogens with zero attached hydrogens (tertiary/aromatic N) is 2. The summed E-state index contributed by atoms with van der Waals surface area (Å²) in [5.41, 5.74) is 2.01. The summed E-state index contributed by atoms with van der Waals surface area (Å²) < 4.78 is 1.33. The van der Waals surface area contributed by atoms with Gasteiger partial charge in [-0.25, -0.2) is 9.50 Å². The second-order valence-electron chi connectivity index (χ2n) is 6.48. The Labute approximate surface area is 144 Å². The molecule has 0 atom stereocenters. The molecule has 0 bridgehead atoms. The van der Waals surface area contributed by atoms with Crippen LogP contribution < -0.4 is 10.9 Å². The topological polar surface area (TPSA) is 79.3 Å². The molecular weight excluding hydrogens is 316 g/mol. The van der Waals surface area contributed by atoms with Crippen molar-refractivity contribution in [2.75, 3.05) is 0 Å². The van der Waals surface area contributed by atoms with Gasteiger partial charge in [0, 0.05) is 23.9 Å². The number of carbonyl (C=O) groups excluding carboxylic acids is 1. The molecule has 4 rings (SSSR count). The molecule has 2 aromatic heterocycles.